The molecule has 0 radical (unpaired) electrons. The summed E-state index contributed by atoms with van der Waals surface area (Å²) in [5.74, 6) is -4.01. The number of aliphatic carboxylic acids is 1. The lowest BCUT2D eigenvalue weighted by Crippen LogP contribution is -2.60. The summed E-state index contributed by atoms with van der Waals surface area (Å²) < 4.78 is 19.1. The number of amides is 4. The fourth-order valence-corrected chi connectivity index (χ4v) is 12.6. The van der Waals surface area contributed by atoms with Crippen LogP contribution < -0.4 is 27.4 Å². The van der Waals surface area contributed by atoms with Crippen molar-refractivity contribution in [3.05, 3.63) is 97.6 Å². The van der Waals surface area contributed by atoms with Gasteiger partial charge >= 0.3 is 11.7 Å². The van der Waals surface area contributed by atoms with Gasteiger partial charge in [0.25, 0.3) is 0 Å². The fourth-order valence-electron chi connectivity index (χ4n) is 12.3. The van der Waals surface area contributed by atoms with Gasteiger partial charge in [0.2, 0.25) is 23.6 Å². The minimum absolute atomic E-state index is 0.0857. The lowest BCUT2D eigenvalue weighted by molar-refractivity contribution is -0.138. The van der Waals surface area contributed by atoms with E-state index in [1.807, 2.05) is 23.1 Å². The van der Waals surface area contributed by atoms with Crippen LogP contribution >= 0.6 is 23.2 Å². The molecule has 17 heteroatoms. The molecule has 4 atom stereocenters. The highest BCUT2D eigenvalue weighted by Gasteiger charge is 2.72. The Hall–Kier alpha value is -5.25. The Kier molecular flexibility index (Phi) is 12.1. The monoisotopic (exact) mass is 929 g/mol. The second kappa shape index (κ2) is 17.5. The van der Waals surface area contributed by atoms with Crippen molar-refractivity contribution in [2.75, 3.05) is 18.4 Å². The number of aromatic nitrogens is 2. The zero-order chi connectivity index (χ0) is 45.9. The molecule has 9 rings (SSSR count). The van der Waals surface area contributed by atoms with Gasteiger partial charge in [-0.3, -0.25) is 38.4 Å². The number of likely N-dealkylation sites (tertiary alicyclic amines) is 1. The molecule has 1 aromatic heterocycles. The van der Waals surface area contributed by atoms with E-state index in [2.05, 4.69) is 16.0 Å². The average Bonchev–Trinajstić information content (AvgIpc) is 3.84. The van der Waals surface area contributed by atoms with E-state index in [-0.39, 0.29) is 59.0 Å². The fraction of sp³-hybridized carbons (Fsp3) is 0.500. The van der Waals surface area contributed by atoms with E-state index < -0.39 is 52.3 Å². The quantitative estimate of drug-likeness (QED) is 0.120. The molecule has 4 aromatic rings. The molecule has 0 bridgehead atoms. The minimum Gasteiger partial charge on any atom is -0.481 e. The average molecular weight is 931 g/mol. The normalized spacial score (nSPS) is 25.7. The molecule has 3 aliphatic heterocycles. The molecule has 1 unspecified atom stereocenters. The summed E-state index contributed by atoms with van der Waals surface area (Å²) in [6.07, 6.45) is 7.30. The first-order valence-corrected chi connectivity index (χ1v) is 23.5. The lowest BCUT2D eigenvalue weighted by atomic mass is 9.55. The number of aryl methyl sites for hydroxylation is 1. The van der Waals surface area contributed by atoms with Crippen molar-refractivity contribution in [3.63, 3.8) is 0 Å². The number of nitrogens with one attached hydrogen (secondary N) is 3. The molecule has 6 N–H and O–H groups in total. The summed E-state index contributed by atoms with van der Waals surface area (Å²) in [5.41, 5.74) is 6.58. The number of imidazole rings is 1. The predicted octanol–water partition coefficient (Wildman–Crippen LogP) is 6.41. The van der Waals surface area contributed by atoms with Crippen LogP contribution in [0.25, 0.3) is 11.0 Å². The third-order valence-corrected chi connectivity index (χ3v) is 15.9. The van der Waals surface area contributed by atoms with Crippen LogP contribution in [-0.4, -0.2) is 79.5 Å². The number of rotatable bonds is 10. The van der Waals surface area contributed by atoms with E-state index >= 15 is 4.39 Å². The summed E-state index contributed by atoms with van der Waals surface area (Å²) >= 11 is 12.8. The van der Waals surface area contributed by atoms with Crippen molar-refractivity contribution < 1.29 is 33.5 Å². The second-order valence-electron chi connectivity index (χ2n) is 18.8. The topological polar surface area (TPSA) is 198 Å². The molecule has 2 saturated carbocycles. The largest absolute Gasteiger partial charge is 0.481 e. The molecule has 3 aromatic carbocycles. The summed E-state index contributed by atoms with van der Waals surface area (Å²) in [6, 6.07) is 13.4. The standard InChI is InChI=1S/C48H54Cl2FN7O7/c1-56-37-24-28(10-15-35(37)58(46(56)65)36(42(52)61)16-17-38(59)60)26-18-22-57(23-19-26)44(63)27-8-12-30(13-9-27)53-43(62)41-39(31-6-5-7-33(50)40(31)51)48(47(55-41)20-3-2-4-21-47)32-14-11-29(49)25-34(32)54-45(48)64/h5-7,10-11,14-15,24-27,30,36,39,41,55H,2-4,8-9,12-13,16-23H2,1H3,(H2,52,61)(H,53,62)(H,54,64)(H,59,60)/t27?,30?,36?,39-,41+,48+/m0/s1. The summed E-state index contributed by atoms with van der Waals surface area (Å²) in [4.78, 5) is 82.2. The van der Waals surface area contributed by atoms with Crippen LogP contribution in [0.5, 0.6) is 0 Å². The molecule has 4 amide bonds. The molecule has 4 fully saturated rings. The Morgan fingerprint density at radius 3 is 2.35 bits per heavy atom. The smallest absolute Gasteiger partial charge is 0.329 e. The summed E-state index contributed by atoms with van der Waals surface area (Å²) in [7, 11) is 1.61. The highest BCUT2D eigenvalue weighted by Crippen LogP contribution is 2.63. The van der Waals surface area contributed by atoms with Crippen LogP contribution in [0, 0.1) is 11.7 Å². The van der Waals surface area contributed by atoms with E-state index in [0.29, 0.717) is 78.9 Å². The summed E-state index contributed by atoms with van der Waals surface area (Å²) in [6.45, 7) is 1.14. The minimum atomic E-state index is -1.32. The summed E-state index contributed by atoms with van der Waals surface area (Å²) in [5, 5.41) is 19.6. The zero-order valence-electron chi connectivity index (χ0n) is 36.2. The van der Waals surface area contributed by atoms with Gasteiger partial charge in [-0.15, -0.1) is 0 Å². The first-order valence-electron chi connectivity index (χ1n) is 22.8. The van der Waals surface area contributed by atoms with Gasteiger partial charge in [-0.1, -0.05) is 66.7 Å². The van der Waals surface area contributed by atoms with Crippen LogP contribution in [0.15, 0.2) is 59.4 Å². The van der Waals surface area contributed by atoms with Crippen LogP contribution in [0.2, 0.25) is 10.0 Å². The van der Waals surface area contributed by atoms with Gasteiger partial charge < -0.3 is 26.4 Å². The van der Waals surface area contributed by atoms with Gasteiger partial charge in [0.1, 0.15) is 17.3 Å². The van der Waals surface area contributed by atoms with Crippen LogP contribution in [0.1, 0.15) is 118 Å². The maximum atomic E-state index is 16.3. The van der Waals surface area contributed by atoms with Crippen molar-refractivity contribution in [3.8, 4) is 0 Å². The number of primary amides is 1. The van der Waals surface area contributed by atoms with E-state index in [0.717, 1.165) is 37.7 Å². The molecule has 2 aliphatic carbocycles. The molecule has 2 spiro atoms. The van der Waals surface area contributed by atoms with Gasteiger partial charge in [-0.25, -0.2) is 9.18 Å². The Morgan fingerprint density at radius 2 is 1.66 bits per heavy atom. The molecular weight excluding hydrogens is 876 g/mol. The Morgan fingerprint density at radius 1 is 0.938 bits per heavy atom. The van der Waals surface area contributed by atoms with Gasteiger partial charge in [0.15, 0.2) is 0 Å². The predicted molar refractivity (Wildman–Crippen MR) is 243 cm³/mol. The highest BCUT2D eigenvalue weighted by atomic mass is 35.5. The third-order valence-electron chi connectivity index (χ3n) is 15.4. The third kappa shape index (κ3) is 7.60. The maximum Gasteiger partial charge on any atom is 0.329 e. The lowest BCUT2D eigenvalue weighted by Gasteiger charge is -2.47. The molecule has 4 heterocycles. The molecule has 2 saturated heterocycles. The van der Waals surface area contributed by atoms with E-state index in [1.165, 1.54) is 15.2 Å². The van der Waals surface area contributed by atoms with Gasteiger partial charge in [-0.2, -0.15) is 0 Å². The van der Waals surface area contributed by atoms with Crippen LogP contribution in [0.3, 0.4) is 0 Å². The van der Waals surface area contributed by atoms with Crippen molar-refractivity contribution in [2.45, 2.75) is 124 Å². The number of anilines is 1. The van der Waals surface area contributed by atoms with E-state index in [4.69, 9.17) is 28.9 Å². The molecular formula is C48H54Cl2FN7O7. The molecule has 344 valence electrons. The number of fused-ring (bicyclic) bond motifs is 4. The van der Waals surface area contributed by atoms with Gasteiger partial charge in [0, 0.05) is 60.7 Å². The first-order chi connectivity index (χ1) is 31.1. The Balaban J connectivity index is 0.871. The van der Waals surface area contributed by atoms with Crippen LogP contribution in [-0.2, 0) is 36.4 Å². The number of carbonyl (C=O) groups is 5. The van der Waals surface area contributed by atoms with Gasteiger partial charge in [-0.05, 0) is 111 Å². The van der Waals surface area contributed by atoms with Crippen molar-refractivity contribution in [1.29, 1.82) is 0 Å². The van der Waals surface area contributed by atoms with Crippen LogP contribution in [0.4, 0.5) is 10.1 Å². The molecule has 14 nitrogen and oxygen atoms in total. The number of carbonyl (C=O) groups excluding carboxylic acids is 4. The number of nitrogens with two attached hydrogens (primary N) is 1. The SMILES string of the molecule is Cn1c(=O)n(C(CCC(=O)O)C(N)=O)c2ccc(C3CCN(C(=O)C4CCC(NC(=O)[C@@H]5NC6(CCCCC6)[C@@]6(C(=O)Nc7cc(Cl)ccc76)[C@H]5c5cccc(Cl)c5F)CC4)CC3)cc21. The van der Waals surface area contributed by atoms with E-state index in [9.17, 15) is 33.9 Å². The number of piperidine rings is 1. The molecule has 5 aliphatic rings. The van der Waals surface area contributed by atoms with E-state index in [1.54, 1.807) is 37.4 Å². The zero-order valence-corrected chi connectivity index (χ0v) is 37.7. The van der Waals surface area contributed by atoms with Crippen molar-refractivity contribution in [1.82, 2.24) is 24.7 Å². The number of carboxylic acid groups (broad SMARTS) is 1. The number of carboxylic acids is 1. The Labute approximate surface area is 385 Å². The van der Waals surface area contributed by atoms with Crippen molar-refractivity contribution in [2.24, 2.45) is 18.7 Å². The highest BCUT2D eigenvalue weighted by molar-refractivity contribution is 6.31. The molecule has 65 heavy (non-hydrogen) atoms. The second-order valence-corrected chi connectivity index (χ2v) is 19.6. The Bertz CT molecular complexity index is 2650. The van der Waals surface area contributed by atoms with Gasteiger partial charge in [0.05, 0.1) is 22.1 Å². The van der Waals surface area contributed by atoms with Crippen molar-refractivity contribution >= 4 is 69.5 Å². The number of halogens is 3. The number of nitrogens with zero attached hydrogens (tertiary/aromatic N) is 3. The number of hydrogen-bond donors (Lipinski definition) is 5. The maximum absolute atomic E-state index is 16.3. The number of benzene rings is 3. The number of hydrogen-bond acceptors (Lipinski definition) is 7. The first kappa shape index (κ1) is 44.9.